The van der Waals surface area contributed by atoms with E-state index in [1.165, 1.54) is 14.2 Å². The number of amides is 1. The molecule has 0 aromatic heterocycles. The van der Waals surface area contributed by atoms with Crippen LogP contribution >= 0.6 is 12.2 Å². The summed E-state index contributed by atoms with van der Waals surface area (Å²) in [6.45, 7) is -0.432. The van der Waals surface area contributed by atoms with Gasteiger partial charge < -0.3 is 30.2 Å². The molecule has 3 N–H and O–H groups in total. The predicted molar refractivity (Wildman–Crippen MR) is 131 cm³/mol. The standard InChI is InChI=1S/C24H23N3O5S/c1-30-20-13-12-19(14-21(20)31-2)25-22(28)15-32-23(29)16-8-10-18(11-9-16)27-24(33)26-17-6-4-3-5-7-17/h3-14H,15H2,1-2H3,(H,25,28)(H2,26,27,33). The van der Waals surface area contributed by atoms with Gasteiger partial charge in [-0.1, -0.05) is 18.2 Å². The molecule has 0 heterocycles. The molecule has 0 fully saturated rings. The van der Waals surface area contributed by atoms with Crippen molar-refractivity contribution in [2.75, 3.05) is 36.8 Å². The molecule has 3 aromatic rings. The second kappa shape index (κ2) is 11.5. The Morgan fingerprint density at radius 3 is 2.00 bits per heavy atom. The number of ether oxygens (including phenoxy) is 3. The van der Waals surface area contributed by atoms with Crippen LogP contribution in [0.4, 0.5) is 17.1 Å². The van der Waals surface area contributed by atoms with Crippen molar-refractivity contribution < 1.29 is 23.8 Å². The molecule has 0 aliphatic rings. The highest BCUT2D eigenvalue weighted by Crippen LogP contribution is 2.29. The molecule has 0 radical (unpaired) electrons. The first-order valence-corrected chi connectivity index (χ1v) is 10.3. The van der Waals surface area contributed by atoms with E-state index >= 15 is 0 Å². The number of nitrogens with one attached hydrogen (secondary N) is 3. The summed E-state index contributed by atoms with van der Waals surface area (Å²) in [7, 11) is 3.02. The zero-order valence-corrected chi connectivity index (χ0v) is 18.9. The fourth-order valence-corrected chi connectivity index (χ4v) is 3.07. The Hall–Kier alpha value is -4.11. The molecule has 3 rings (SSSR count). The van der Waals surface area contributed by atoms with Gasteiger partial charge in [-0.2, -0.15) is 0 Å². The van der Waals surface area contributed by atoms with Gasteiger partial charge in [0.1, 0.15) is 0 Å². The van der Waals surface area contributed by atoms with Crippen molar-refractivity contribution in [1.29, 1.82) is 0 Å². The van der Waals surface area contributed by atoms with E-state index in [1.54, 1.807) is 42.5 Å². The molecule has 0 aliphatic heterocycles. The van der Waals surface area contributed by atoms with Gasteiger partial charge in [0.15, 0.2) is 23.2 Å². The van der Waals surface area contributed by atoms with Crippen LogP contribution < -0.4 is 25.4 Å². The number of anilines is 3. The van der Waals surface area contributed by atoms with E-state index in [0.717, 1.165) is 5.69 Å². The minimum Gasteiger partial charge on any atom is -0.493 e. The van der Waals surface area contributed by atoms with Crippen LogP contribution in [0.1, 0.15) is 10.4 Å². The Morgan fingerprint density at radius 1 is 0.758 bits per heavy atom. The summed E-state index contributed by atoms with van der Waals surface area (Å²) in [5.41, 5.74) is 2.36. The first kappa shape index (κ1) is 23.6. The van der Waals surface area contributed by atoms with Crippen LogP contribution in [-0.4, -0.2) is 37.8 Å². The van der Waals surface area contributed by atoms with Crippen molar-refractivity contribution >= 4 is 46.3 Å². The van der Waals surface area contributed by atoms with Crippen LogP contribution in [0.15, 0.2) is 72.8 Å². The third-order valence-corrected chi connectivity index (χ3v) is 4.62. The van der Waals surface area contributed by atoms with Gasteiger partial charge in [-0.05, 0) is 60.7 Å². The van der Waals surface area contributed by atoms with Gasteiger partial charge in [-0.25, -0.2) is 4.79 Å². The smallest absolute Gasteiger partial charge is 0.338 e. The van der Waals surface area contributed by atoms with Gasteiger partial charge in [-0.15, -0.1) is 0 Å². The zero-order valence-electron chi connectivity index (χ0n) is 18.1. The Balaban J connectivity index is 1.48. The van der Waals surface area contributed by atoms with Gasteiger partial charge in [0.25, 0.3) is 5.91 Å². The maximum atomic E-state index is 12.3. The van der Waals surface area contributed by atoms with Gasteiger partial charge in [0.2, 0.25) is 0 Å². The van der Waals surface area contributed by atoms with E-state index in [-0.39, 0.29) is 0 Å². The fourth-order valence-electron chi connectivity index (χ4n) is 2.83. The summed E-state index contributed by atoms with van der Waals surface area (Å²) < 4.78 is 15.5. The van der Waals surface area contributed by atoms with E-state index in [4.69, 9.17) is 26.4 Å². The SMILES string of the molecule is COc1ccc(NC(=O)COC(=O)c2ccc(NC(=S)Nc3ccccc3)cc2)cc1OC. The Labute approximate surface area is 196 Å². The molecule has 3 aromatic carbocycles. The molecule has 8 nitrogen and oxygen atoms in total. The van der Waals surface area contributed by atoms with E-state index in [9.17, 15) is 9.59 Å². The molecule has 0 aliphatic carbocycles. The minimum atomic E-state index is -0.617. The van der Waals surface area contributed by atoms with Crippen molar-refractivity contribution in [3.8, 4) is 11.5 Å². The maximum Gasteiger partial charge on any atom is 0.338 e. The highest BCUT2D eigenvalue weighted by atomic mass is 32.1. The summed E-state index contributed by atoms with van der Waals surface area (Å²) in [6, 6.07) is 21.0. The molecule has 9 heteroatoms. The summed E-state index contributed by atoms with van der Waals surface area (Å²) >= 11 is 5.28. The number of para-hydroxylation sites is 1. The first-order chi connectivity index (χ1) is 16.0. The molecular formula is C24H23N3O5S. The molecule has 170 valence electrons. The lowest BCUT2D eigenvalue weighted by Gasteiger charge is -2.11. The van der Waals surface area contributed by atoms with Crippen molar-refractivity contribution in [2.24, 2.45) is 0 Å². The van der Waals surface area contributed by atoms with Crippen molar-refractivity contribution in [2.45, 2.75) is 0 Å². The van der Waals surface area contributed by atoms with Crippen molar-refractivity contribution in [3.05, 3.63) is 78.4 Å². The van der Waals surface area contributed by atoms with Gasteiger partial charge in [0.05, 0.1) is 19.8 Å². The van der Waals surface area contributed by atoms with E-state index in [1.807, 2.05) is 30.3 Å². The lowest BCUT2D eigenvalue weighted by molar-refractivity contribution is -0.119. The molecule has 0 saturated carbocycles. The van der Waals surface area contributed by atoms with Crippen LogP contribution in [0.2, 0.25) is 0 Å². The van der Waals surface area contributed by atoms with Crippen LogP contribution in [0, 0.1) is 0 Å². The largest absolute Gasteiger partial charge is 0.493 e. The molecule has 0 atom stereocenters. The molecule has 0 unspecified atom stereocenters. The number of hydrogen-bond acceptors (Lipinski definition) is 6. The highest BCUT2D eigenvalue weighted by molar-refractivity contribution is 7.80. The van der Waals surface area contributed by atoms with E-state index in [0.29, 0.717) is 33.5 Å². The van der Waals surface area contributed by atoms with Crippen LogP contribution in [0.3, 0.4) is 0 Å². The average molecular weight is 466 g/mol. The Kier molecular flexibility index (Phi) is 8.20. The first-order valence-electron chi connectivity index (χ1n) is 9.90. The molecular weight excluding hydrogens is 442 g/mol. The summed E-state index contributed by atoms with van der Waals surface area (Å²) in [5, 5.41) is 9.16. The van der Waals surface area contributed by atoms with Gasteiger partial charge in [-0.3, -0.25) is 4.79 Å². The molecule has 0 spiro atoms. The summed E-state index contributed by atoms with van der Waals surface area (Å²) in [4.78, 5) is 24.4. The number of carbonyl (C=O) groups excluding carboxylic acids is 2. The lowest BCUT2D eigenvalue weighted by Crippen LogP contribution is -2.21. The number of hydrogen-bond donors (Lipinski definition) is 3. The second-order valence-corrected chi connectivity index (χ2v) is 7.12. The topological polar surface area (TPSA) is 97.9 Å². The quantitative estimate of drug-likeness (QED) is 0.335. The number of thiocarbonyl (C=S) groups is 1. The average Bonchev–Trinajstić information content (AvgIpc) is 2.83. The molecule has 0 bridgehead atoms. The highest BCUT2D eigenvalue weighted by Gasteiger charge is 2.12. The maximum absolute atomic E-state index is 12.3. The molecule has 1 amide bonds. The molecule has 33 heavy (non-hydrogen) atoms. The Bertz CT molecular complexity index is 1120. The predicted octanol–water partition coefficient (Wildman–Crippen LogP) is 4.31. The van der Waals surface area contributed by atoms with Crippen LogP contribution in [0.25, 0.3) is 0 Å². The van der Waals surface area contributed by atoms with Crippen LogP contribution in [0.5, 0.6) is 11.5 Å². The number of methoxy groups -OCH3 is 2. The van der Waals surface area contributed by atoms with Crippen LogP contribution in [-0.2, 0) is 9.53 Å². The van der Waals surface area contributed by atoms with Gasteiger partial charge in [0, 0.05) is 23.1 Å². The monoisotopic (exact) mass is 465 g/mol. The summed E-state index contributed by atoms with van der Waals surface area (Å²) in [6.07, 6.45) is 0. The third-order valence-electron chi connectivity index (χ3n) is 4.41. The van der Waals surface area contributed by atoms with Crippen molar-refractivity contribution in [3.63, 3.8) is 0 Å². The zero-order chi connectivity index (χ0) is 23.6. The fraction of sp³-hybridized carbons (Fsp3) is 0.125. The van der Waals surface area contributed by atoms with E-state index in [2.05, 4.69) is 16.0 Å². The third kappa shape index (κ3) is 6.94. The van der Waals surface area contributed by atoms with E-state index < -0.39 is 18.5 Å². The Morgan fingerprint density at radius 2 is 1.36 bits per heavy atom. The lowest BCUT2D eigenvalue weighted by atomic mass is 10.2. The van der Waals surface area contributed by atoms with Crippen molar-refractivity contribution in [1.82, 2.24) is 0 Å². The minimum absolute atomic E-state index is 0.307. The normalized spacial score (nSPS) is 10.0. The van der Waals surface area contributed by atoms with Gasteiger partial charge >= 0.3 is 5.97 Å². The summed E-state index contributed by atoms with van der Waals surface area (Å²) in [5.74, 6) is -0.0869. The number of carbonyl (C=O) groups is 2. The number of benzene rings is 3. The number of esters is 1. The molecule has 0 saturated heterocycles. The number of rotatable bonds is 8. The second-order valence-electron chi connectivity index (χ2n) is 6.72.